The summed E-state index contributed by atoms with van der Waals surface area (Å²) in [6.07, 6.45) is 0. The molecule has 0 aliphatic rings. The SMILES string of the molecule is COc1cc(OC)nc(OC(C(=O)O)=C(c2ccccc2)c2cccc(F)c2)n1. The Bertz CT molecular complexity index is 1030. The van der Waals surface area contributed by atoms with E-state index < -0.39 is 17.5 Å². The molecule has 0 aliphatic heterocycles. The number of rotatable bonds is 7. The van der Waals surface area contributed by atoms with Crippen molar-refractivity contribution in [2.45, 2.75) is 0 Å². The molecule has 1 heterocycles. The van der Waals surface area contributed by atoms with Crippen LogP contribution in [0.2, 0.25) is 0 Å². The van der Waals surface area contributed by atoms with Crippen LogP contribution < -0.4 is 14.2 Å². The Morgan fingerprint density at radius 2 is 1.52 bits per heavy atom. The number of carbonyl (C=O) groups is 1. The van der Waals surface area contributed by atoms with Gasteiger partial charge in [-0.15, -0.1) is 0 Å². The summed E-state index contributed by atoms with van der Waals surface area (Å²) in [4.78, 5) is 20.1. The molecule has 0 saturated carbocycles. The highest BCUT2D eigenvalue weighted by Crippen LogP contribution is 2.29. The normalized spacial score (nSPS) is 11.4. The molecule has 3 aromatic rings. The van der Waals surface area contributed by atoms with Crippen LogP contribution in [0.4, 0.5) is 4.39 Å². The van der Waals surface area contributed by atoms with Gasteiger partial charge in [-0.05, 0) is 23.3 Å². The fourth-order valence-electron chi connectivity index (χ4n) is 2.61. The average molecular weight is 396 g/mol. The van der Waals surface area contributed by atoms with E-state index in [4.69, 9.17) is 14.2 Å². The van der Waals surface area contributed by atoms with Gasteiger partial charge in [0.15, 0.2) is 0 Å². The quantitative estimate of drug-likeness (QED) is 0.482. The van der Waals surface area contributed by atoms with Gasteiger partial charge in [0.2, 0.25) is 17.5 Å². The van der Waals surface area contributed by atoms with E-state index in [0.717, 1.165) is 0 Å². The molecule has 0 amide bonds. The number of aromatic nitrogens is 2. The summed E-state index contributed by atoms with van der Waals surface area (Å²) in [7, 11) is 2.78. The monoisotopic (exact) mass is 396 g/mol. The number of carboxylic acids is 1. The van der Waals surface area contributed by atoms with Crippen molar-refractivity contribution in [3.05, 3.63) is 83.4 Å². The van der Waals surface area contributed by atoms with Crippen LogP contribution in [0.3, 0.4) is 0 Å². The van der Waals surface area contributed by atoms with Crippen molar-refractivity contribution in [3.8, 4) is 17.8 Å². The molecule has 29 heavy (non-hydrogen) atoms. The third-order valence-electron chi connectivity index (χ3n) is 3.87. The zero-order valence-electron chi connectivity index (χ0n) is 15.6. The maximum absolute atomic E-state index is 13.9. The lowest BCUT2D eigenvalue weighted by Crippen LogP contribution is -2.13. The first kappa shape index (κ1) is 19.8. The second kappa shape index (κ2) is 8.83. The zero-order chi connectivity index (χ0) is 20.8. The van der Waals surface area contributed by atoms with Crippen molar-refractivity contribution in [3.63, 3.8) is 0 Å². The first-order chi connectivity index (χ1) is 14.0. The fraction of sp³-hybridized carbons (Fsp3) is 0.0952. The number of hydrogen-bond donors (Lipinski definition) is 1. The number of halogens is 1. The predicted octanol–water partition coefficient (Wildman–Crippen LogP) is 3.56. The number of benzene rings is 2. The lowest BCUT2D eigenvalue weighted by Gasteiger charge is -2.14. The lowest BCUT2D eigenvalue weighted by molar-refractivity contribution is -0.135. The van der Waals surface area contributed by atoms with Crippen molar-refractivity contribution in [1.82, 2.24) is 9.97 Å². The van der Waals surface area contributed by atoms with Gasteiger partial charge in [0.25, 0.3) is 0 Å². The van der Waals surface area contributed by atoms with Crippen molar-refractivity contribution in [2.24, 2.45) is 0 Å². The van der Waals surface area contributed by atoms with E-state index >= 15 is 0 Å². The summed E-state index contributed by atoms with van der Waals surface area (Å²) in [6, 6.07) is 15.3. The van der Waals surface area contributed by atoms with Crippen LogP contribution in [0.1, 0.15) is 11.1 Å². The van der Waals surface area contributed by atoms with Crippen LogP contribution in [0.15, 0.2) is 66.4 Å². The molecule has 0 atom stereocenters. The van der Waals surface area contributed by atoms with Crippen LogP contribution in [0, 0.1) is 5.82 Å². The molecule has 0 bridgehead atoms. The van der Waals surface area contributed by atoms with E-state index in [0.29, 0.717) is 11.1 Å². The van der Waals surface area contributed by atoms with Gasteiger partial charge in [-0.3, -0.25) is 0 Å². The van der Waals surface area contributed by atoms with E-state index in [1.807, 2.05) is 0 Å². The molecular weight excluding hydrogens is 379 g/mol. The van der Waals surface area contributed by atoms with Gasteiger partial charge in [-0.2, -0.15) is 9.97 Å². The molecule has 7 nitrogen and oxygen atoms in total. The Balaban J connectivity index is 2.21. The van der Waals surface area contributed by atoms with Crippen LogP contribution >= 0.6 is 0 Å². The minimum absolute atomic E-state index is 0.128. The molecule has 0 spiro atoms. The van der Waals surface area contributed by atoms with Gasteiger partial charge in [-0.25, -0.2) is 9.18 Å². The molecule has 8 heteroatoms. The number of ether oxygens (including phenoxy) is 3. The van der Waals surface area contributed by atoms with Crippen LogP contribution in [-0.2, 0) is 4.79 Å². The summed E-state index contributed by atoms with van der Waals surface area (Å²) < 4.78 is 29.5. The summed E-state index contributed by atoms with van der Waals surface area (Å²) in [5.74, 6) is -2.11. The lowest BCUT2D eigenvalue weighted by atomic mass is 9.96. The average Bonchev–Trinajstić information content (AvgIpc) is 2.73. The second-order valence-corrected chi connectivity index (χ2v) is 5.72. The first-order valence-electron chi connectivity index (χ1n) is 8.45. The Morgan fingerprint density at radius 3 is 2.07 bits per heavy atom. The van der Waals surface area contributed by atoms with E-state index in [1.165, 1.54) is 38.5 Å². The van der Waals surface area contributed by atoms with Gasteiger partial charge in [-0.1, -0.05) is 42.5 Å². The Hall–Kier alpha value is -3.94. The Kier molecular flexibility index (Phi) is 6.03. The molecule has 2 aromatic carbocycles. The first-order valence-corrected chi connectivity index (χ1v) is 8.45. The van der Waals surface area contributed by atoms with E-state index in [-0.39, 0.29) is 23.3 Å². The van der Waals surface area contributed by atoms with Crippen LogP contribution in [0.5, 0.6) is 17.8 Å². The molecule has 0 aliphatic carbocycles. The Morgan fingerprint density at radius 1 is 0.897 bits per heavy atom. The minimum atomic E-state index is -1.38. The highest BCUT2D eigenvalue weighted by Gasteiger charge is 2.23. The summed E-state index contributed by atoms with van der Waals surface area (Å²) in [6.45, 7) is 0. The maximum Gasteiger partial charge on any atom is 0.372 e. The molecule has 1 N–H and O–H groups in total. The van der Waals surface area contributed by atoms with E-state index in [1.54, 1.807) is 36.4 Å². The van der Waals surface area contributed by atoms with E-state index in [9.17, 15) is 14.3 Å². The van der Waals surface area contributed by atoms with Gasteiger partial charge >= 0.3 is 12.0 Å². The molecular formula is C21H17FN2O5. The smallest absolute Gasteiger partial charge is 0.372 e. The molecule has 0 fully saturated rings. The van der Waals surface area contributed by atoms with E-state index in [2.05, 4.69) is 9.97 Å². The third-order valence-corrected chi connectivity index (χ3v) is 3.87. The number of aliphatic carboxylic acids is 1. The van der Waals surface area contributed by atoms with Gasteiger partial charge in [0.1, 0.15) is 5.82 Å². The van der Waals surface area contributed by atoms with Gasteiger partial charge in [0, 0.05) is 5.57 Å². The van der Waals surface area contributed by atoms with Crippen molar-refractivity contribution >= 4 is 11.5 Å². The highest BCUT2D eigenvalue weighted by atomic mass is 19.1. The number of nitrogens with zero attached hydrogens (tertiary/aromatic N) is 2. The standard InChI is InChI=1S/C21H17FN2O5/c1-27-16-12-17(28-2)24-21(23-16)29-19(20(25)26)18(13-7-4-3-5-8-13)14-9-6-10-15(22)11-14/h3-12H,1-2H3,(H,25,26). The fourth-order valence-corrected chi connectivity index (χ4v) is 2.61. The summed E-state index contributed by atoms with van der Waals surface area (Å²) >= 11 is 0. The summed E-state index contributed by atoms with van der Waals surface area (Å²) in [5, 5.41) is 9.86. The second-order valence-electron chi connectivity index (χ2n) is 5.72. The molecule has 0 saturated heterocycles. The van der Waals surface area contributed by atoms with Crippen molar-refractivity contribution < 1.29 is 28.5 Å². The predicted molar refractivity (Wildman–Crippen MR) is 102 cm³/mol. The van der Waals surface area contributed by atoms with Crippen LogP contribution in [-0.4, -0.2) is 35.3 Å². The van der Waals surface area contributed by atoms with Gasteiger partial charge in [0.05, 0.1) is 20.3 Å². The highest BCUT2D eigenvalue weighted by molar-refractivity contribution is 5.99. The third kappa shape index (κ3) is 4.67. The van der Waals surface area contributed by atoms with Crippen molar-refractivity contribution in [1.29, 1.82) is 0 Å². The maximum atomic E-state index is 13.9. The molecule has 148 valence electrons. The topological polar surface area (TPSA) is 90.8 Å². The molecule has 3 rings (SSSR count). The largest absolute Gasteiger partial charge is 0.481 e. The van der Waals surface area contributed by atoms with Crippen molar-refractivity contribution in [2.75, 3.05) is 14.2 Å². The summed E-state index contributed by atoms with van der Waals surface area (Å²) in [5.41, 5.74) is 1.01. The molecule has 1 aromatic heterocycles. The number of carboxylic acid groups (broad SMARTS) is 1. The van der Waals surface area contributed by atoms with Gasteiger partial charge < -0.3 is 19.3 Å². The number of hydrogen-bond acceptors (Lipinski definition) is 6. The van der Waals surface area contributed by atoms with Crippen LogP contribution in [0.25, 0.3) is 5.57 Å². The molecule has 0 unspecified atom stereocenters. The minimum Gasteiger partial charge on any atom is -0.481 e. The number of methoxy groups -OCH3 is 2. The Labute approximate surface area is 166 Å². The molecule has 0 radical (unpaired) electrons. The zero-order valence-corrected chi connectivity index (χ0v) is 15.6.